The molecule has 1 atom stereocenters. The van der Waals surface area contributed by atoms with Gasteiger partial charge in [0.15, 0.2) is 0 Å². The largest absolute Gasteiger partial charge is 0.378 e. The van der Waals surface area contributed by atoms with E-state index in [1.54, 1.807) is 6.20 Å². The Hall–Kier alpha value is -1.52. The van der Waals surface area contributed by atoms with Crippen molar-refractivity contribution in [1.29, 1.82) is 0 Å². The molecule has 0 spiro atoms. The summed E-state index contributed by atoms with van der Waals surface area (Å²) in [6.07, 6.45) is 5.52. The predicted octanol–water partition coefficient (Wildman–Crippen LogP) is 1.29. The van der Waals surface area contributed by atoms with Crippen molar-refractivity contribution in [2.45, 2.75) is 6.04 Å². The summed E-state index contributed by atoms with van der Waals surface area (Å²) in [6, 6.07) is 4.30. The highest BCUT2D eigenvalue weighted by atomic mass is 16.5. The van der Waals surface area contributed by atoms with Gasteiger partial charge in [0.1, 0.15) is 0 Å². The Morgan fingerprint density at radius 3 is 3.25 bits per heavy atom. The Morgan fingerprint density at radius 2 is 2.38 bits per heavy atom. The summed E-state index contributed by atoms with van der Waals surface area (Å²) in [5.74, 6) is 0. The molecule has 2 aromatic rings. The summed E-state index contributed by atoms with van der Waals surface area (Å²) in [5.41, 5.74) is 2.15. The summed E-state index contributed by atoms with van der Waals surface area (Å²) < 4.78 is 5.44. The summed E-state index contributed by atoms with van der Waals surface area (Å²) in [6.45, 7) is 2.41. The molecule has 2 aromatic heterocycles. The maximum atomic E-state index is 5.44. The first-order chi connectivity index (χ1) is 7.93. The fourth-order valence-corrected chi connectivity index (χ4v) is 1.96. The van der Waals surface area contributed by atoms with Gasteiger partial charge in [-0.05, 0) is 17.7 Å². The molecule has 1 aliphatic rings. The maximum Gasteiger partial charge on any atom is 0.0732 e. The first-order valence-electron chi connectivity index (χ1n) is 5.44. The van der Waals surface area contributed by atoms with Crippen molar-refractivity contribution in [1.82, 2.24) is 15.3 Å². The third-order valence-electron chi connectivity index (χ3n) is 2.83. The van der Waals surface area contributed by atoms with Crippen LogP contribution in [-0.4, -0.2) is 29.7 Å². The SMILES string of the molecule is c1cc2ncc(C3COCCN3)cc2cn1. The van der Waals surface area contributed by atoms with Gasteiger partial charge in [-0.1, -0.05) is 0 Å². The second kappa shape index (κ2) is 4.15. The molecule has 1 saturated heterocycles. The van der Waals surface area contributed by atoms with Crippen LogP contribution in [-0.2, 0) is 4.74 Å². The molecule has 4 nitrogen and oxygen atoms in total. The van der Waals surface area contributed by atoms with Crippen LogP contribution in [0.5, 0.6) is 0 Å². The van der Waals surface area contributed by atoms with Crippen molar-refractivity contribution in [3.63, 3.8) is 0 Å². The second-order valence-corrected chi connectivity index (χ2v) is 3.92. The van der Waals surface area contributed by atoms with Crippen molar-refractivity contribution in [3.8, 4) is 0 Å². The van der Waals surface area contributed by atoms with Crippen molar-refractivity contribution in [2.24, 2.45) is 0 Å². The van der Waals surface area contributed by atoms with Crippen LogP contribution in [0.25, 0.3) is 10.9 Å². The number of ether oxygens (including phenoxy) is 1. The van der Waals surface area contributed by atoms with E-state index in [2.05, 4.69) is 21.4 Å². The molecule has 3 heterocycles. The molecule has 0 amide bonds. The van der Waals surface area contributed by atoms with E-state index in [1.807, 2.05) is 18.5 Å². The highest BCUT2D eigenvalue weighted by Gasteiger charge is 2.15. The first kappa shape index (κ1) is 9.69. The number of hydrogen-bond donors (Lipinski definition) is 1. The number of nitrogens with zero attached hydrogens (tertiary/aromatic N) is 2. The summed E-state index contributed by atoms with van der Waals surface area (Å²) in [7, 11) is 0. The second-order valence-electron chi connectivity index (χ2n) is 3.92. The lowest BCUT2D eigenvalue weighted by Crippen LogP contribution is -2.34. The van der Waals surface area contributed by atoms with Crippen LogP contribution in [0, 0.1) is 0 Å². The van der Waals surface area contributed by atoms with Crippen LogP contribution in [0.15, 0.2) is 30.7 Å². The Kier molecular flexibility index (Phi) is 2.52. The van der Waals surface area contributed by atoms with E-state index in [0.29, 0.717) is 6.61 Å². The fourth-order valence-electron chi connectivity index (χ4n) is 1.96. The molecule has 1 fully saturated rings. The number of hydrogen-bond acceptors (Lipinski definition) is 4. The quantitative estimate of drug-likeness (QED) is 0.778. The molecule has 1 unspecified atom stereocenters. The minimum absolute atomic E-state index is 0.255. The van der Waals surface area contributed by atoms with Gasteiger partial charge in [0.05, 0.1) is 24.8 Å². The molecule has 0 aliphatic carbocycles. The van der Waals surface area contributed by atoms with Gasteiger partial charge in [-0.2, -0.15) is 0 Å². The zero-order chi connectivity index (χ0) is 10.8. The predicted molar refractivity (Wildman–Crippen MR) is 61.1 cm³/mol. The van der Waals surface area contributed by atoms with Crippen LogP contribution in [0.2, 0.25) is 0 Å². The smallest absolute Gasteiger partial charge is 0.0732 e. The lowest BCUT2D eigenvalue weighted by molar-refractivity contribution is 0.0768. The van der Waals surface area contributed by atoms with Gasteiger partial charge in [-0.3, -0.25) is 9.97 Å². The van der Waals surface area contributed by atoms with Gasteiger partial charge in [0, 0.05) is 30.5 Å². The molecule has 82 valence electrons. The molecule has 16 heavy (non-hydrogen) atoms. The van der Waals surface area contributed by atoms with Gasteiger partial charge in [-0.15, -0.1) is 0 Å². The van der Waals surface area contributed by atoms with Gasteiger partial charge in [0.25, 0.3) is 0 Å². The summed E-state index contributed by atoms with van der Waals surface area (Å²) in [5, 5.41) is 4.49. The van der Waals surface area contributed by atoms with Crippen LogP contribution in [0.3, 0.4) is 0 Å². The number of nitrogens with one attached hydrogen (secondary N) is 1. The molecule has 0 bridgehead atoms. The minimum Gasteiger partial charge on any atom is -0.378 e. The maximum absolute atomic E-state index is 5.44. The van der Waals surface area contributed by atoms with E-state index in [-0.39, 0.29) is 6.04 Å². The third kappa shape index (κ3) is 1.77. The van der Waals surface area contributed by atoms with Gasteiger partial charge in [0.2, 0.25) is 0 Å². The van der Waals surface area contributed by atoms with E-state index >= 15 is 0 Å². The number of fused-ring (bicyclic) bond motifs is 1. The number of morpholine rings is 1. The third-order valence-corrected chi connectivity index (χ3v) is 2.83. The van der Waals surface area contributed by atoms with Crippen LogP contribution in [0.4, 0.5) is 0 Å². The molecular weight excluding hydrogens is 202 g/mol. The zero-order valence-corrected chi connectivity index (χ0v) is 8.89. The van der Waals surface area contributed by atoms with Crippen LogP contribution < -0.4 is 5.32 Å². The van der Waals surface area contributed by atoms with Crippen molar-refractivity contribution < 1.29 is 4.74 Å². The Bertz CT molecular complexity index is 494. The molecule has 1 aliphatic heterocycles. The van der Waals surface area contributed by atoms with E-state index in [0.717, 1.165) is 24.1 Å². The van der Waals surface area contributed by atoms with Crippen molar-refractivity contribution in [2.75, 3.05) is 19.8 Å². The molecule has 0 aromatic carbocycles. The Balaban J connectivity index is 1.97. The van der Waals surface area contributed by atoms with Gasteiger partial charge >= 0.3 is 0 Å². The van der Waals surface area contributed by atoms with Gasteiger partial charge in [-0.25, -0.2) is 0 Å². The molecular formula is C12H13N3O. The van der Waals surface area contributed by atoms with Gasteiger partial charge < -0.3 is 10.1 Å². The molecule has 0 saturated carbocycles. The highest BCUT2D eigenvalue weighted by Crippen LogP contribution is 2.19. The van der Waals surface area contributed by atoms with E-state index in [9.17, 15) is 0 Å². The lowest BCUT2D eigenvalue weighted by atomic mass is 10.1. The van der Waals surface area contributed by atoms with E-state index in [1.165, 1.54) is 5.56 Å². The average molecular weight is 215 g/mol. The molecule has 4 heteroatoms. The standard InChI is InChI=1S/C12H13N3O/c1-2-13-6-9-5-10(7-15-11(1)9)12-8-16-4-3-14-12/h1-2,5-7,12,14H,3-4,8H2. The topological polar surface area (TPSA) is 47.0 Å². The average Bonchev–Trinajstić information content (AvgIpc) is 2.39. The van der Waals surface area contributed by atoms with E-state index < -0.39 is 0 Å². The van der Waals surface area contributed by atoms with Crippen molar-refractivity contribution >= 4 is 10.9 Å². The normalized spacial score (nSPS) is 21.1. The number of aromatic nitrogens is 2. The van der Waals surface area contributed by atoms with Crippen molar-refractivity contribution in [3.05, 3.63) is 36.3 Å². The summed E-state index contributed by atoms with van der Waals surface area (Å²) >= 11 is 0. The number of rotatable bonds is 1. The first-order valence-corrected chi connectivity index (χ1v) is 5.44. The lowest BCUT2D eigenvalue weighted by Gasteiger charge is -2.23. The van der Waals surface area contributed by atoms with Crippen LogP contribution >= 0.6 is 0 Å². The Morgan fingerprint density at radius 1 is 1.38 bits per heavy atom. The number of pyridine rings is 2. The Labute approximate surface area is 93.7 Å². The monoisotopic (exact) mass is 215 g/mol. The van der Waals surface area contributed by atoms with E-state index in [4.69, 9.17) is 4.74 Å². The fraction of sp³-hybridized carbons (Fsp3) is 0.333. The van der Waals surface area contributed by atoms with Crippen LogP contribution in [0.1, 0.15) is 11.6 Å². The molecule has 3 rings (SSSR count). The zero-order valence-electron chi connectivity index (χ0n) is 8.89. The molecule has 0 radical (unpaired) electrons. The summed E-state index contributed by atoms with van der Waals surface area (Å²) in [4.78, 5) is 8.53. The highest BCUT2D eigenvalue weighted by molar-refractivity contribution is 5.77. The minimum atomic E-state index is 0.255. The molecule has 1 N–H and O–H groups in total.